The molecule has 6 heteroatoms. The summed E-state index contributed by atoms with van der Waals surface area (Å²) < 4.78 is 0. The number of carbonyl (C=O) groups excluding carboxylic acids is 1. The minimum atomic E-state index is -0.864. The second kappa shape index (κ2) is 6.22. The van der Waals surface area contributed by atoms with Crippen LogP contribution in [0.2, 0.25) is 0 Å². The summed E-state index contributed by atoms with van der Waals surface area (Å²) in [5, 5.41) is 21.7. The Morgan fingerprint density at radius 3 is 2.52 bits per heavy atom. The molecule has 128 valence electrons. The SMILES string of the molecule is O=C(Nc1n[nH]c2ccccc12)N1CCC(O)(c2ccccc2)CC1. The monoisotopic (exact) mass is 336 g/mol. The van der Waals surface area contributed by atoms with Gasteiger partial charge >= 0.3 is 6.03 Å². The van der Waals surface area contributed by atoms with E-state index in [4.69, 9.17) is 0 Å². The first-order valence-corrected chi connectivity index (χ1v) is 8.43. The first kappa shape index (κ1) is 15.7. The van der Waals surface area contributed by atoms with Gasteiger partial charge in [0.25, 0.3) is 0 Å². The number of fused-ring (bicyclic) bond motifs is 1. The molecule has 2 amide bonds. The molecule has 0 saturated carbocycles. The van der Waals surface area contributed by atoms with Gasteiger partial charge in [-0.2, -0.15) is 5.10 Å². The number of anilines is 1. The quantitative estimate of drug-likeness (QED) is 0.673. The van der Waals surface area contributed by atoms with Crippen molar-refractivity contribution in [1.82, 2.24) is 15.1 Å². The molecule has 3 N–H and O–H groups in total. The number of nitrogens with zero attached hydrogens (tertiary/aromatic N) is 2. The van der Waals surface area contributed by atoms with Gasteiger partial charge in [-0.1, -0.05) is 42.5 Å². The molecule has 2 heterocycles. The minimum absolute atomic E-state index is 0.188. The van der Waals surface area contributed by atoms with E-state index in [1.807, 2.05) is 54.6 Å². The molecular weight excluding hydrogens is 316 g/mol. The van der Waals surface area contributed by atoms with Crippen LogP contribution in [0, 0.1) is 0 Å². The van der Waals surface area contributed by atoms with Crippen LogP contribution in [0.15, 0.2) is 54.6 Å². The third kappa shape index (κ3) is 2.96. The third-order valence-corrected chi connectivity index (χ3v) is 4.88. The molecule has 6 nitrogen and oxygen atoms in total. The standard InChI is InChI=1S/C19H20N4O2/c24-18(20-17-15-8-4-5-9-16(15)21-22-17)23-12-10-19(25,11-13-23)14-6-2-1-3-7-14/h1-9,25H,10-13H2,(H2,20,21,22,24). The highest BCUT2D eigenvalue weighted by atomic mass is 16.3. The number of hydrogen-bond donors (Lipinski definition) is 3. The van der Waals surface area contributed by atoms with Gasteiger partial charge in [0.1, 0.15) is 0 Å². The summed E-state index contributed by atoms with van der Waals surface area (Å²) in [6.45, 7) is 0.999. The molecule has 25 heavy (non-hydrogen) atoms. The van der Waals surface area contributed by atoms with Gasteiger partial charge in [0.15, 0.2) is 5.82 Å². The Kier molecular flexibility index (Phi) is 3.89. The van der Waals surface area contributed by atoms with E-state index >= 15 is 0 Å². The van der Waals surface area contributed by atoms with Crippen molar-refractivity contribution in [3.05, 3.63) is 60.2 Å². The van der Waals surface area contributed by atoms with Gasteiger partial charge in [-0.05, 0) is 30.5 Å². The molecule has 1 saturated heterocycles. The van der Waals surface area contributed by atoms with E-state index in [9.17, 15) is 9.90 Å². The van der Waals surface area contributed by atoms with Crippen LogP contribution < -0.4 is 5.32 Å². The maximum atomic E-state index is 12.5. The largest absolute Gasteiger partial charge is 0.385 e. The number of urea groups is 1. The van der Waals surface area contributed by atoms with Crippen LogP contribution in [-0.4, -0.2) is 39.3 Å². The van der Waals surface area contributed by atoms with Crippen molar-refractivity contribution in [3.8, 4) is 0 Å². The number of aromatic nitrogens is 2. The van der Waals surface area contributed by atoms with E-state index in [2.05, 4.69) is 15.5 Å². The van der Waals surface area contributed by atoms with Crippen LogP contribution in [0.3, 0.4) is 0 Å². The fourth-order valence-corrected chi connectivity index (χ4v) is 3.36. The summed E-state index contributed by atoms with van der Waals surface area (Å²) in [7, 11) is 0. The number of para-hydroxylation sites is 1. The van der Waals surface area contributed by atoms with Gasteiger partial charge in [-0.3, -0.25) is 10.4 Å². The molecule has 1 fully saturated rings. The highest BCUT2D eigenvalue weighted by molar-refractivity contribution is 5.98. The third-order valence-electron chi connectivity index (χ3n) is 4.88. The number of aliphatic hydroxyl groups is 1. The molecular formula is C19H20N4O2. The molecule has 1 aliphatic rings. The van der Waals surface area contributed by atoms with Gasteiger partial charge in [0, 0.05) is 18.5 Å². The van der Waals surface area contributed by atoms with Crippen molar-refractivity contribution in [2.45, 2.75) is 18.4 Å². The first-order valence-electron chi connectivity index (χ1n) is 8.43. The fourth-order valence-electron chi connectivity index (χ4n) is 3.36. The maximum Gasteiger partial charge on any atom is 0.323 e. The van der Waals surface area contributed by atoms with Crippen molar-refractivity contribution < 1.29 is 9.90 Å². The molecule has 0 spiro atoms. The second-order valence-electron chi connectivity index (χ2n) is 6.43. The molecule has 0 bridgehead atoms. The Morgan fingerprint density at radius 1 is 1.08 bits per heavy atom. The Morgan fingerprint density at radius 2 is 1.76 bits per heavy atom. The van der Waals surface area contributed by atoms with E-state index in [0.717, 1.165) is 16.5 Å². The van der Waals surface area contributed by atoms with Crippen LogP contribution in [0.1, 0.15) is 18.4 Å². The van der Waals surface area contributed by atoms with Crippen LogP contribution >= 0.6 is 0 Å². The van der Waals surface area contributed by atoms with Gasteiger partial charge in [0.2, 0.25) is 0 Å². The van der Waals surface area contributed by atoms with Gasteiger partial charge in [-0.25, -0.2) is 4.79 Å². The maximum absolute atomic E-state index is 12.5. The molecule has 0 aliphatic carbocycles. The summed E-state index contributed by atoms with van der Waals surface area (Å²) in [5.41, 5.74) is 0.931. The van der Waals surface area contributed by atoms with Gasteiger partial charge in [0.05, 0.1) is 11.1 Å². The fraction of sp³-hybridized carbons (Fsp3) is 0.263. The lowest BCUT2D eigenvalue weighted by atomic mass is 9.84. The van der Waals surface area contributed by atoms with E-state index in [1.165, 1.54) is 0 Å². The van der Waals surface area contributed by atoms with Crippen LogP contribution in [0.25, 0.3) is 10.9 Å². The molecule has 0 atom stereocenters. The lowest BCUT2D eigenvalue weighted by Crippen LogP contribution is -2.46. The number of benzene rings is 2. The lowest BCUT2D eigenvalue weighted by molar-refractivity contribution is -0.0157. The number of carbonyl (C=O) groups is 1. The lowest BCUT2D eigenvalue weighted by Gasteiger charge is -2.38. The van der Waals surface area contributed by atoms with Gasteiger partial charge < -0.3 is 10.0 Å². The number of H-pyrrole nitrogens is 1. The molecule has 4 rings (SSSR count). The van der Waals surface area contributed by atoms with Crippen LogP contribution in [-0.2, 0) is 5.60 Å². The molecule has 2 aromatic carbocycles. The van der Waals surface area contributed by atoms with Crippen molar-refractivity contribution in [1.29, 1.82) is 0 Å². The highest BCUT2D eigenvalue weighted by Crippen LogP contribution is 2.32. The molecule has 1 aliphatic heterocycles. The van der Waals surface area contributed by atoms with Crippen molar-refractivity contribution in [2.24, 2.45) is 0 Å². The zero-order chi connectivity index (χ0) is 17.3. The average Bonchev–Trinajstić information content (AvgIpc) is 3.06. The topological polar surface area (TPSA) is 81.2 Å². The normalized spacial score (nSPS) is 16.8. The number of rotatable bonds is 2. The predicted molar refractivity (Wildman–Crippen MR) is 96.3 cm³/mol. The van der Waals surface area contributed by atoms with Crippen LogP contribution in [0.4, 0.5) is 10.6 Å². The Hall–Kier alpha value is -2.86. The van der Waals surface area contributed by atoms with Crippen molar-refractivity contribution in [3.63, 3.8) is 0 Å². The smallest absolute Gasteiger partial charge is 0.323 e. The zero-order valence-electron chi connectivity index (χ0n) is 13.8. The van der Waals surface area contributed by atoms with Crippen LogP contribution in [0.5, 0.6) is 0 Å². The first-order chi connectivity index (χ1) is 12.2. The van der Waals surface area contributed by atoms with E-state index < -0.39 is 5.60 Å². The van der Waals surface area contributed by atoms with Gasteiger partial charge in [-0.15, -0.1) is 0 Å². The number of hydrogen-bond acceptors (Lipinski definition) is 3. The summed E-state index contributed by atoms with van der Waals surface area (Å²) in [4.78, 5) is 14.3. The minimum Gasteiger partial charge on any atom is -0.385 e. The average molecular weight is 336 g/mol. The summed E-state index contributed by atoms with van der Waals surface area (Å²) in [5.74, 6) is 0.532. The number of likely N-dealkylation sites (tertiary alicyclic amines) is 1. The predicted octanol–water partition coefficient (Wildman–Crippen LogP) is 3.08. The molecule has 0 unspecified atom stereocenters. The van der Waals surface area contributed by atoms with E-state index in [1.54, 1.807) is 4.90 Å². The molecule has 0 radical (unpaired) electrons. The zero-order valence-corrected chi connectivity index (χ0v) is 13.8. The Labute approximate surface area is 145 Å². The Balaban J connectivity index is 1.43. The van der Waals surface area contributed by atoms with Crippen molar-refractivity contribution in [2.75, 3.05) is 18.4 Å². The second-order valence-corrected chi connectivity index (χ2v) is 6.43. The van der Waals surface area contributed by atoms with E-state index in [0.29, 0.717) is 31.7 Å². The summed E-state index contributed by atoms with van der Waals surface area (Å²) >= 11 is 0. The summed E-state index contributed by atoms with van der Waals surface area (Å²) in [6, 6.07) is 17.1. The number of aromatic amines is 1. The molecule has 3 aromatic rings. The highest BCUT2D eigenvalue weighted by Gasteiger charge is 2.35. The van der Waals surface area contributed by atoms with Crippen molar-refractivity contribution >= 4 is 22.8 Å². The Bertz CT molecular complexity index is 883. The summed E-state index contributed by atoms with van der Waals surface area (Å²) in [6.07, 6.45) is 1.04. The molecule has 1 aromatic heterocycles. The number of nitrogens with one attached hydrogen (secondary N) is 2. The van der Waals surface area contributed by atoms with E-state index in [-0.39, 0.29) is 6.03 Å². The number of piperidine rings is 1. The number of amides is 2.